The summed E-state index contributed by atoms with van der Waals surface area (Å²) in [5, 5.41) is 4.12. The number of nitrogens with zero attached hydrogens (tertiary/aromatic N) is 2. The van der Waals surface area contributed by atoms with Crippen molar-refractivity contribution in [2.75, 3.05) is 7.11 Å². The van der Waals surface area contributed by atoms with Crippen LogP contribution >= 0.6 is 0 Å². The molecule has 0 unspecified atom stereocenters. The molecule has 1 N–H and O–H groups in total. The number of benzene rings is 1. The van der Waals surface area contributed by atoms with E-state index in [2.05, 4.69) is 10.1 Å². The van der Waals surface area contributed by atoms with Gasteiger partial charge in [0, 0.05) is 11.6 Å². The second-order valence-corrected chi connectivity index (χ2v) is 5.56. The lowest BCUT2D eigenvalue weighted by molar-refractivity contribution is 0.212. The average molecular weight is 355 g/mol. The van der Waals surface area contributed by atoms with Gasteiger partial charge in [-0.3, -0.25) is 14.3 Å². The lowest BCUT2D eigenvalue weighted by Crippen LogP contribution is -2.38. The first-order valence-corrected chi connectivity index (χ1v) is 8.00. The lowest BCUT2D eigenvalue weighted by Gasteiger charge is -2.10. The number of oxime groups is 1. The maximum Gasteiger partial charge on any atom is 0.337 e. The molecule has 0 fully saturated rings. The molecule has 8 heteroatoms. The van der Waals surface area contributed by atoms with E-state index < -0.39 is 16.9 Å². The first kappa shape index (κ1) is 17.4. The molecule has 0 aliphatic heterocycles. The molecule has 8 nitrogen and oxygen atoms in total. The summed E-state index contributed by atoms with van der Waals surface area (Å²) in [5.74, 6) is 0. The molecule has 0 atom stereocenters. The zero-order chi connectivity index (χ0) is 18.7. The largest absolute Gasteiger partial charge is 0.405 e. The molecule has 26 heavy (non-hydrogen) atoms. The minimum absolute atomic E-state index is 0.0930. The highest BCUT2D eigenvalue weighted by atomic mass is 16.6. The molecule has 0 amide bonds. The van der Waals surface area contributed by atoms with Crippen LogP contribution in [0.4, 0.5) is 0 Å². The summed E-state index contributed by atoms with van der Waals surface area (Å²) >= 11 is 0. The highest BCUT2D eigenvalue weighted by molar-refractivity contribution is 6.00. The minimum Gasteiger partial charge on any atom is -0.405 e. The van der Waals surface area contributed by atoms with Gasteiger partial charge in [-0.05, 0) is 12.0 Å². The molecule has 0 spiro atoms. The number of H-pyrrole nitrogens is 1. The summed E-state index contributed by atoms with van der Waals surface area (Å²) in [6, 6.07) is 10.3. The van der Waals surface area contributed by atoms with Gasteiger partial charge in [-0.2, -0.15) is 0 Å². The van der Waals surface area contributed by atoms with Crippen molar-refractivity contribution in [1.29, 1.82) is 0 Å². The van der Waals surface area contributed by atoms with Crippen LogP contribution in [0, 0.1) is 0 Å². The fourth-order valence-electron chi connectivity index (χ4n) is 2.74. The second-order valence-electron chi connectivity index (χ2n) is 5.56. The molecule has 3 rings (SSSR count). The molecule has 2 aromatic heterocycles. The minimum atomic E-state index is -0.696. The first-order valence-electron chi connectivity index (χ1n) is 8.00. The van der Waals surface area contributed by atoms with Gasteiger partial charge in [0.05, 0.1) is 6.54 Å². The maximum atomic E-state index is 12.9. The van der Waals surface area contributed by atoms with E-state index in [9.17, 15) is 14.4 Å². The molecule has 3 aromatic rings. The Morgan fingerprint density at radius 1 is 1.23 bits per heavy atom. The monoisotopic (exact) mass is 355 g/mol. The summed E-state index contributed by atoms with van der Waals surface area (Å²) < 4.78 is 5.98. The number of aryl methyl sites for hydroxylation is 1. The molecule has 0 saturated heterocycles. The zero-order valence-corrected chi connectivity index (χ0v) is 14.3. The number of rotatable bonds is 5. The lowest BCUT2D eigenvalue weighted by atomic mass is 10.1. The van der Waals surface area contributed by atoms with Crippen LogP contribution in [0.2, 0.25) is 0 Å². The van der Waals surface area contributed by atoms with Crippen LogP contribution in [0.15, 0.2) is 60.4 Å². The van der Waals surface area contributed by atoms with Crippen LogP contribution in [-0.4, -0.2) is 22.4 Å². The summed E-state index contributed by atoms with van der Waals surface area (Å²) in [6.07, 6.45) is 0.446. The van der Waals surface area contributed by atoms with Crippen molar-refractivity contribution in [2.24, 2.45) is 5.16 Å². The maximum absolute atomic E-state index is 12.9. The van der Waals surface area contributed by atoms with E-state index in [1.54, 1.807) is 12.1 Å². The van der Waals surface area contributed by atoms with Gasteiger partial charge in [0.2, 0.25) is 5.71 Å². The Morgan fingerprint density at radius 3 is 2.62 bits per heavy atom. The fourth-order valence-corrected chi connectivity index (χ4v) is 2.74. The van der Waals surface area contributed by atoms with Gasteiger partial charge in [-0.1, -0.05) is 42.4 Å². The van der Waals surface area contributed by atoms with Gasteiger partial charge in [0.15, 0.2) is 0 Å². The molecule has 134 valence electrons. The summed E-state index contributed by atoms with van der Waals surface area (Å²) in [7, 11) is 1.39. The molecular formula is C18H17N3O5. The summed E-state index contributed by atoms with van der Waals surface area (Å²) in [5.41, 5.74) is -0.343. The first-order chi connectivity index (χ1) is 12.5. The molecule has 0 aliphatic carbocycles. The van der Waals surface area contributed by atoms with E-state index in [4.69, 9.17) is 9.25 Å². The van der Waals surface area contributed by atoms with Crippen molar-refractivity contribution >= 4 is 16.8 Å². The average Bonchev–Trinajstić information content (AvgIpc) is 2.63. The number of hydrogen-bond acceptors (Lipinski definition) is 6. The van der Waals surface area contributed by atoms with Crippen molar-refractivity contribution in [2.45, 2.75) is 19.9 Å². The topological polar surface area (TPSA) is 107 Å². The number of aromatic amines is 1. The number of aromatic nitrogens is 2. The van der Waals surface area contributed by atoms with Gasteiger partial charge in [0.1, 0.15) is 18.2 Å². The number of hydrogen-bond donors (Lipinski definition) is 1. The van der Waals surface area contributed by atoms with E-state index in [0.717, 1.165) is 10.1 Å². The third-order valence-electron chi connectivity index (χ3n) is 3.96. The zero-order valence-electron chi connectivity index (χ0n) is 14.3. The summed E-state index contributed by atoms with van der Waals surface area (Å²) in [4.78, 5) is 44.2. The SMILES string of the molecule is CCc1cc(=O)oc2[nH]c(=O)n(C/C(=N/OC)c3ccccc3)c(=O)c12. The van der Waals surface area contributed by atoms with Gasteiger partial charge in [-0.15, -0.1) is 0 Å². The Kier molecular flexibility index (Phi) is 4.83. The van der Waals surface area contributed by atoms with Crippen LogP contribution < -0.4 is 16.9 Å². The van der Waals surface area contributed by atoms with E-state index in [1.807, 2.05) is 25.1 Å². The van der Waals surface area contributed by atoms with Gasteiger partial charge in [-0.25, -0.2) is 9.59 Å². The van der Waals surface area contributed by atoms with Crippen molar-refractivity contribution in [3.05, 3.63) is 78.8 Å². The predicted octanol–water partition coefficient (Wildman–Crippen LogP) is 1.26. The molecular weight excluding hydrogens is 338 g/mol. The van der Waals surface area contributed by atoms with Crippen LogP contribution in [0.3, 0.4) is 0 Å². The third-order valence-corrected chi connectivity index (χ3v) is 3.96. The Hall–Kier alpha value is -3.42. The molecule has 0 aliphatic rings. The van der Waals surface area contributed by atoms with Gasteiger partial charge in [0.25, 0.3) is 5.56 Å². The Balaban J connectivity index is 2.21. The molecule has 0 bridgehead atoms. The number of fused-ring (bicyclic) bond motifs is 1. The van der Waals surface area contributed by atoms with Crippen LogP contribution in [0.1, 0.15) is 18.1 Å². The molecule has 1 aromatic carbocycles. The highest BCUT2D eigenvalue weighted by Crippen LogP contribution is 2.10. The predicted molar refractivity (Wildman–Crippen MR) is 96.7 cm³/mol. The number of nitrogens with one attached hydrogen (secondary N) is 1. The highest BCUT2D eigenvalue weighted by Gasteiger charge is 2.16. The van der Waals surface area contributed by atoms with Crippen LogP contribution in [-0.2, 0) is 17.8 Å². The second kappa shape index (κ2) is 7.22. The van der Waals surface area contributed by atoms with Gasteiger partial charge < -0.3 is 9.25 Å². The van der Waals surface area contributed by atoms with Crippen molar-refractivity contribution < 1.29 is 9.25 Å². The van der Waals surface area contributed by atoms with E-state index >= 15 is 0 Å². The Labute approximate surface area is 147 Å². The van der Waals surface area contributed by atoms with Gasteiger partial charge >= 0.3 is 11.3 Å². The smallest absolute Gasteiger partial charge is 0.337 e. The molecule has 2 heterocycles. The standard InChI is InChI=1S/C18H17N3O5/c1-3-11-9-14(22)26-16-15(11)17(23)21(18(24)19-16)10-13(20-25-2)12-7-5-4-6-8-12/h4-9H,3,10H2,1-2H3,(H,19,24)/b20-13-. The van der Waals surface area contributed by atoms with Crippen molar-refractivity contribution in [3.63, 3.8) is 0 Å². The van der Waals surface area contributed by atoms with E-state index in [0.29, 0.717) is 17.7 Å². The van der Waals surface area contributed by atoms with E-state index in [1.165, 1.54) is 13.2 Å². The van der Waals surface area contributed by atoms with Crippen molar-refractivity contribution in [1.82, 2.24) is 9.55 Å². The third kappa shape index (κ3) is 3.21. The Morgan fingerprint density at radius 2 is 1.96 bits per heavy atom. The van der Waals surface area contributed by atoms with E-state index in [-0.39, 0.29) is 17.6 Å². The van der Waals surface area contributed by atoms with Crippen LogP contribution in [0.25, 0.3) is 11.1 Å². The normalized spacial score (nSPS) is 11.7. The van der Waals surface area contributed by atoms with Crippen LogP contribution in [0.5, 0.6) is 0 Å². The fraction of sp³-hybridized carbons (Fsp3) is 0.222. The van der Waals surface area contributed by atoms with Crippen molar-refractivity contribution in [3.8, 4) is 0 Å². The quantitative estimate of drug-likeness (QED) is 0.548. The molecule has 0 radical (unpaired) electrons. The summed E-state index contributed by atoms with van der Waals surface area (Å²) in [6.45, 7) is 1.72. The molecule has 0 saturated carbocycles. The Bertz CT molecular complexity index is 1140.